The second kappa shape index (κ2) is 8.91. The van der Waals surface area contributed by atoms with Crippen LogP contribution in [-0.4, -0.2) is 30.3 Å². The van der Waals surface area contributed by atoms with E-state index in [0.717, 1.165) is 25.4 Å². The van der Waals surface area contributed by atoms with Crippen LogP contribution in [0.25, 0.3) is 0 Å². The fourth-order valence-corrected chi connectivity index (χ4v) is 3.78. The largest absolute Gasteiger partial charge is 0.303 e. The van der Waals surface area contributed by atoms with Gasteiger partial charge in [0.2, 0.25) is 0 Å². The molecule has 0 bridgehead atoms. The predicted octanol–water partition coefficient (Wildman–Crippen LogP) is 4.85. The van der Waals surface area contributed by atoms with E-state index in [4.69, 9.17) is 0 Å². The lowest BCUT2D eigenvalue weighted by molar-refractivity contribution is 0.324. The van der Waals surface area contributed by atoms with E-state index in [-0.39, 0.29) is 0 Å². The van der Waals surface area contributed by atoms with Crippen molar-refractivity contribution in [1.82, 2.24) is 4.90 Å². The zero-order valence-corrected chi connectivity index (χ0v) is 13.9. The van der Waals surface area contributed by atoms with Crippen LogP contribution in [-0.2, 0) is 0 Å². The molecule has 0 N–H and O–H groups in total. The fourth-order valence-electron chi connectivity index (χ4n) is 2.48. The van der Waals surface area contributed by atoms with Crippen molar-refractivity contribution < 1.29 is 0 Å². The Bertz CT molecular complexity index is 454. The van der Waals surface area contributed by atoms with Gasteiger partial charge in [0.25, 0.3) is 0 Å². The topological polar surface area (TPSA) is 3.24 Å². The van der Waals surface area contributed by atoms with Gasteiger partial charge >= 0.3 is 0 Å². The highest BCUT2D eigenvalue weighted by Gasteiger charge is 2.14. The van der Waals surface area contributed by atoms with Gasteiger partial charge in [-0.3, -0.25) is 0 Å². The summed E-state index contributed by atoms with van der Waals surface area (Å²) >= 11 is 2.05. The molecule has 1 nitrogen and oxygen atoms in total. The van der Waals surface area contributed by atoms with E-state index in [1.54, 1.807) is 0 Å². The van der Waals surface area contributed by atoms with Gasteiger partial charge < -0.3 is 4.90 Å². The normalized spacial score (nSPS) is 11.2. The first-order chi connectivity index (χ1) is 10.3. The summed E-state index contributed by atoms with van der Waals surface area (Å²) in [6.45, 7) is 7.91. The molecule has 0 amide bonds. The Labute approximate surface area is 133 Å². The van der Waals surface area contributed by atoms with Gasteiger partial charge in [-0.2, -0.15) is 0 Å². The van der Waals surface area contributed by atoms with Gasteiger partial charge in [-0.1, -0.05) is 74.5 Å². The standard InChI is InChI=1S/C19H25NS/c1-3-20(4-2)15-16-21-19(17-11-7-5-8-12-17)18-13-9-6-10-14-18/h5-14,19H,3-4,15-16H2,1-2H3. The smallest absolute Gasteiger partial charge is 0.0547 e. The lowest BCUT2D eigenvalue weighted by Gasteiger charge is -2.21. The molecule has 0 saturated heterocycles. The summed E-state index contributed by atoms with van der Waals surface area (Å²) < 4.78 is 0. The molecule has 0 unspecified atom stereocenters. The molecule has 2 aromatic rings. The molecule has 0 radical (unpaired) electrons. The maximum atomic E-state index is 2.49. The first-order valence-electron chi connectivity index (χ1n) is 7.79. The number of hydrogen-bond acceptors (Lipinski definition) is 2. The first kappa shape index (κ1) is 16.1. The zero-order valence-electron chi connectivity index (χ0n) is 13.0. The third kappa shape index (κ3) is 4.90. The average molecular weight is 299 g/mol. The average Bonchev–Trinajstić information content (AvgIpc) is 2.57. The molecule has 0 atom stereocenters. The Morgan fingerprint density at radius 2 is 1.29 bits per heavy atom. The summed E-state index contributed by atoms with van der Waals surface area (Å²) in [5.41, 5.74) is 2.79. The predicted molar refractivity (Wildman–Crippen MR) is 95.0 cm³/mol. The van der Waals surface area contributed by atoms with Gasteiger partial charge in [-0.25, -0.2) is 0 Å². The molecule has 0 aliphatic carbocycles. The molecule has 0 fully saturated rings. The van der Waals surface area contributed by atoms with Crippen LogP contribution in [0.5, 0.6) is 0 Å². The lowest BCUT2D eigenvalue weighted by Crippen LogP contribution is -2.25. The van der Waals surface area contributed by atoms with Crippen LogP contribution in [0.1, 0.15) is 30.2 Å². The number of nitrogens with zero attached hydrogens (tertiary/aromatic N) is 1. The van der Waals surface area contributed by atoms with E-state index in [1.165, 1.54) is 11.1 Å². The lowest BCUT2D eigenvalue weighted by atomic mass is 10.0. The molecule has 2 rings (SSSR count). The van der Waals surface area contributed by atoms with E-state index < -0.39 is 0 Å². The highest BCUT2D eigenvalue weighted by Crippen LogP contribution is 2.35. The Hall–Kier alpha value is -1.25. The maximum Gasteiger partial charge on any atom is 0.0547 e. The second-order valence-electron chi connectivity index (χ2n) is 5.10. The molecular formula is C19H25NS. The summed E-state index contributed by atoms with van der Waals surface area (Å²) in [5, 5.41) is 0.433. The summed E-state index contributed by atoms with van der Waals surface area (Å²) in [5.74, 6) is 1.16. The molecule has 0 aliphatic rings. The quantitative estimate of drug-likeness (QED) is 0.685. The van der Waals surface area contributed by atoms with E-state index in [0.29, 0.717) is 5.25 Å². The summed E-state index contributed by atoms with van der Waals surface area (Å²) in [7, 11) is 0. The molecule has 2 aromatic carbocycles. The van der Waals surface area contributed by atoms with Crippen molar-refractivity contribution in [3.05, 3.63) is 71.8 Å². The molecule has 0 spiro atoms. The van der Waals surface area contributed by atoms with Crippen LogP contribution in [0.2, 0.25) is 0 Å². The number of thioether (sulfide) groups is 1. The number of benzene rings is 2. The van der Waals surface area contributed by atoms with Crippen molar-refractivity contribution in [3.8, 4) is 0 Å². The SMILES string of the molecule is CCN(CC)CCSC(c1ccccc1)c1ccccc1. The molecule has 2 heteroatoms. The monoisotopic (exact) mass is 299 g/mol. The second-order valence-corrected chi connectivity index (χ2v) is 6.31. The van der Waals surface area contributed by atoms with Crippen molar-refractivity contribution in [2.24, 2.45) is 0 Å². The van der Waals surface area contributed by atoms with Gasteiger partial charge in [-0.15, -0.1) is 11.8 Å². The third-order valence-electron chi connectivity index (χ3n) is 3.79. The van der Waals surface area contributed by atoms with E-state index in [9.17, 15) is 0 Å². The zero-order chi connectivity index (χ0) is 14.9. The summed E-state index contributed by atoms with van der Waals surface area (Å²) in [4.78, 5) is 2.49. The minimum atomic E-state index is 0.433. The Kier molecular flexibility index (Phi) is 6.84. The van der Waals surface area contributed by atoms with Crippen molar-refractivity contribution >= 4 is 11.8 Å². The minimum absolute atomic E-state index is 0.433. The Morgan fingerprint density at radius 3 is 1.71 bits per heavy atom. The molecule has 0 heterocycles. The van der Waals surface area contributed by atoms with Crippen LogP contribution in [0, 0.1) is 0 Å². The highest BCUT2D eigenvalue weighted by atomic mass is 32.2. The molecular weight excluding hydrogens is 274 g/mol. The van der Waals surface area contributed by atoms with Crippen molar-refractivity contribution in [3.63, 3.8) is 0 Å². The molecule has 21 heavy (non-hydrogen) atoms. The van der Waals surface area contributed by atoms with Crippen LogP contribution in [0.15, 0.2) is 60.7 Å². The minimum Gasteiger partial charge on any atom is -0.303 e. The van der Waals surface area contributed by atoms with E-state index in [1.807, 2.05) is 11.8 Å². The van der Waals surface area contributed by atoms with Gasteiger partial charge in [-0.05, 0) is 24.2 Å². The van der Waals surface area contributed by atoms with Crippen molar-refractivity contribution in [2.45, 2.75) is 19.1 Å². The van der Waals surface area contributed by atoms with Crippen molar-refractivity contribution in [2.75, 3.05) is 25.4 Å². The van der Waals surface area contributed by atoms with Crippen LogP contribution >= 0.6 is 11.8 Å². The van der Waals surface area contributed by atoms with Gasteiger partial charge in [0.05, 0.1) is 5.25 Å². The number of rotatable bonds is 8. The van der Waals surface area contributed by atoms with Crippen molar-refractivity contribution in [1.29, 1.82) is 0 Å². The van der Waals surface area contributed by atoms with Crippen LogP contribution in [0.3, 0.4) is 0 Å². The Balaban J connectivity index is 2.07. The van der Waals surface area contributed by atoms with Gasteiger partial charge in [0.1, 0.15) is 0 Å². The maximum absolute atomic E-state index is 2.49. The first-order valence-corrected chi connectivity index (χ1v) is 8.83. The van der Waals surface area contributed by atoms with Crippen LogP contribution < -0.4 is 0 Å². The van der Waals surface area contributed by atoms with Gasteiger partial charge in [0.15, 0.2) is 0 Å². The Morgan fingerprint density at radius 1 is 0.810 bits per heavy atom. The molecule has 0 saturated carbocycles. The summed E-state index contributed by atoms with van der Waals surface area (Å²) in [6, 6.07) is 21.7. The highest BCUT2D eigenvalue weighted by molar-refractivity contribution is 7.99. The fraction of sp³-hybridized carbons (Fsp3) is 0.368. The molecule has 0 aromatic heterocycles. The molecule has 0 aliphatic heterocycles. The number of hydrogen-bond donors (Lipinski definition) is 0. The van der Waals surface area contributed by atoms with E-state index in [2.05, 4.69) is 79.4 Å². The van der Waals surface area contributed by atoms with E-state index >= 15 is 0 Å². The molecule has 112 valence electrons. The van der Waals surface area contributed by atoms with Crippen LogP contribution in [0.4, 0.5) is 0 Å². The van der Waals surface area contributed by atoms with Gasteiger partial charge in [0, 0.05) is 12.3 Å². The summed E-state index contributed by atoms with van der Waals surface area (Å²) in [6.07, 6.45) is 0. The third-order valence-corrected chi connectivity index (χ3v) is 5.09.